The lowest BCUT2D eigenvalue weighted by molar-refractivity contribution is -0.384. The number of hydrogen-bond donors (Lipinski definition) is 1. The van der Waals surface area contributed by atoms with Gasteiger partial charge in [-0.05, 0) is 38.0 Å². The Morgan fingerprint density at radius 1 is 1.21 bits per heavy atom. The minimum Gasteiger partial charge on any atom is -0.493 e. The molecule has 0 spiro atoms. The Morgan fingerprint density at radius 2 is 2.00 bits per heavy atom. The molecule has 1 amide bonds. The van der Waals surface area contributed by atoms with Gasteiger partial charge in [0, 0.05) is 36.7 Å². The number of carbonyl (C=O) groups is 1. The summed E-state index contributed by atoms with van der Waals surface area (Å²) < 4.78 is 5.67. The number of carbonyl (C=O) groups excluding carboxylic acids is 1. The van der Waals surface area contributed by atoms with Crippen molar-refractivity contribution in [1.29, 1.82) is 0 Å². The van der Waals surface area contributed by atoms with E-state index >= 15 is 0 Å². The summed E-state index contributed by atoms with van der Waals surface area (Å²) in [7, 11) is 0. The molecule has 1 N–H and O–H groups in total. The van der Waals surface area contributed by atoms with Gasteiger partial charge < -0.3 is 15.0 Å². The number of nitro groups is 1. The summed E-state index contributed by atoms with van der Waals surface area (Å²) in [5.41, 5.74) is 2.91. The highest BCUT2D eigenvalue weighted by Gasteiger charge is 2.26. The van der Waals surface area contributed by atoms with Crippen molar-refractivity contribution in [2.45, 2.75) is 32.2 Å². The van der Waals surface area contributed by atoms with Gasteiger partial charge in [-0.15, -0.1) is 0 Å². The molecule has 7 heteroatoms. The maximum absolute atomic E-state index is 12.8. The number of anilines is 1. The quantitative estimate of drug-likeness (QED) is 0.644. The van der Waals surface area contributed by atoms with Gasteiger partial charge in [0.25, 0.3) is 11.6 Å². The molecule has 0 aromatic heterocycles. The smallest absolute Gasteiger partial charge is 0.293 e. The number of aryl methyl sites for hydroxylation is 1. The van der Waals surface area contributed by atoms with Crippen molar-refractivity contribution in [3.05, 3.63) is 63.2 Å². The fourth-order valence-corrected chi connectivity index (χ4v) is 3.94. The molecule has 28 heavy (non-hydrogen) atoms. The molecule has 1 atom stereocenters. The van der Waals surface area contributed by atoms with E-state index in [0.717, 1.165) is 42.8 Å². The van der Waals surface area contributed by atoms with Crippen LogP contribution in [0.15, 0.2) is 36.4 Å². The molecular weight excluding hydrogens is 358 g/mol. The third-order valence-electron chi connectivity index (χ3n) is 5.39. The molecule has 0 bridgehead atoms. The van der Waals surface area contributed by atoms with Gasteiger partial charge >= 0.3 is 0 Å². The highest BCUT2D eigenvalue weighted by molar-refractivity contribution is 5.96. The molecular formula is C21H23N3O4. The average Bonchev–Trinajstić information content (AvgIpc) is 3.22. The summed E-state index contributed by atoms with van der Waals surface area (Å²) >= 11 is 0. The van der Waals surface area contributed by atoms with Crippen molar-refractivity contribution in [3.8, 4) is 5.75 Å². The fraction of sp³-hybridized carbons (Fsp3) is 0.381. The van der Waals surface area contributed by atoms with Gasteiger partial charge in [-0.25, -0.2) is 0 Å². The van der Waals surface area contributed by atoms with E-state index in [1.165, 1.54) is 6.07 Å². The van der Waals surface area contributed by atoms with Gasteiger partial charge in [-0.3, -0.25) is 14.9 Å². The zero-order valence-electron chi connectivity index (χ0n) is 15.8. The van der Waals surface area contributed by atoms with Crippen LogP contribution in [0.4, 0.5) is 11.4 Å². The minimum atomic E-state index is -0.405. The van der Waals surface area contributed by atoms with Gasteiger partial charge in [0.2, 0.25) is 0 Å². The fourth-order valence-electron chi connectivity index (χ4n) is 3.94. The van der Waals surface area contributed by atoms with E-state index in [1.807, 2.05) is 30.0 Å². The normalized spacial score (nSPS) is 18.3. The molecule has 1 saturated heterocycles. The van der Waals surface area contributed by atoms with Crippen molar-refractivity contribution in [3.63, 3.8) is 0 Å². The third-order valence-corrected chi connectivity index (χ3v) is 5.39. The van der Waals surface area contributed by atoms with E-state index in [2.05, 4.69) is 5.32 Å². The lowest BCUT2D eigenvalue weighted by atomic mass is 9.98. The lowest BCUT2D eigenvalue weighted by Gasteiger charge is -2.27. The second-order valence-electron chi connectivity index (χ2n) is 7.36. The van der Waals surface area contributed by atoms with Crippen LogP contribution in [-0.4, -0.2) is 30.5 Å². The molecule has 2 aliphatic heterocycles. The Bertz CT molecular complexity index is 922. The molecule has 1 fully saturated rings. The molecule has 2 aliphatic rings. The Labute approximate surface area is 163 Å². The third kappa shape index (κ3) is 3.52. The van der Waals surface area contributed by atoms with E-state index in [4.69, 9.17) is 4.74 Å². The first-order chi connectivity index (χ1) is 13.5. The summed E-state index contributed by atoms with van der Waals surface area (Å²) in [6, 6.07) is 10.5. The summed E-state index contributed by atoms with van der Waals surface area (Å²) in [5.74, 6) is 0.466. The molecule has 2 aromatic carbocycles. The number of nitrogens with zero attached hydrogens (tertiary/aromatic N) is 2. The predicted octanol–water partition coefficient (Wildman–Crippen LogP) is 3.76. The largest absolute Gasteiger partial charge is 0.493 e. The molecule has 4 rings (SSSR count). The number of amides is 1. The lowest BCUT2D eigenvalue weighted by Crippen LogP contribution is -2.32. The first-order valence-corrected chi connectivity index (χ1v) is 9.60. The first kappa shape index (κ1) is 18.3. The minimum absolute atomic E-state index is 0.0160. The van der Waals surface area contributed by atoms with E-state index < -0.39 is 4.92 Å². The highest BCUT2D eigenvalue weighted by atomic mass is 16.6. The maximum Gasteiger partial charge on any atom is 0.293 e. The molecule has 2 aromatic rings. The highest BCUT2D eigenvalue weighted by Crippen LogP contribution is 2.34. The van der Waals surface area contributed by atoms with Gasteiger partial charge in [-0.1, -0.05) is 17.7 Å². The molecule has 7 nitrogen and oxygen atoms in total. The van der Waals surface area contributed by atoms with Gasteiger partial charge in [0.1, 0.15) is 11.4 Å². The number of nitrogens with one attached hydrogen (secondary N) is 1. The van der Waals surface area contributed by atoms with E-state index in [1.54, 1.807) is 12.1 Å². The van der Waals surface area contributed by atoms with Crippen molar-refractivity contribution in [2.24, 2.45) is 0 Å². The van der Waals surface area contributed by atoms with E-state index in [-0.39, 0.29) is 17.6 Å². The number of hydrogen-bond acceptors (Lipinski definition) is 5. The molecule has 0 aliphatic carbocycles. The van der Waals surface area contributed by atoms with Crippen LogP contribution in [-0.2, 0) is 0 Å². The first-order valence-electron chi connectivity index (χ1n) is 9.60. The summed E-state index contributed by atoms with van der Waals surface area (Å²) in [5, 5.41) is 14.6. The van der Waals surface area contributed by atoms with Crippen LogP contribution in [0.1, 0.15) is 46.8 Å². The molecule has 0 saturated carbocycles. The van der Waals surface area contributed by atoms with Crippen LogP contribution in [0.5, 0.6) is 5.75 Å². The number of rotatable bonds is 4. The zero-order chi connectivity index (χ0) is 19.7. The van der Waals surface area contributed by atoms with E-state index in [0.29, 0.717) is 24.3 Å². The van der Waals surface area contributed by atoms with Crippen LogP contribution in [0.3, 0.4) is 0 Å². The maximum atomic E-state index is 12.8. The van der Waals surface area contributed by atoms with Gasteiger partial charge in [0.15, 0.2) is 0 Å². The van der Waals surface area contributed by atoms with Crippen LogP contribution < -0.4 is 15.0 Å². The number of ether oxygens (including phenoxy) is 1. The Morgan fingerprint density at radius 3 is 2.75 bits per heavy atom. The van der Waals surface area contributed by atoms with Gasteiger partial charge in [0.05, 0.1) is 17.6 Å². The summed E-state index contributed by atoms with van der Waals surface area (Å²) in [6.07, 6.45) is 2.72. The van der Waals surface area contributed by atoms with E-state index in [9.17, 15) is 14.9 Å². The van der Waals surface area contributed by atoms with Crippen molar-refractivity contribution >= 4 is 17.3 Å². The van der Waals surface area contributed by atoms with Crippen LogP contribution in [0, 0.1) is 17.0 Å². The summed E-state index contributed by atoms with van der Waals surface area (Å²) in [4.78, 5) is 26.0. The van der Waals surface area contributed by atoms with Crippen molar-refractivity contribution in [2.75, 3.05) is 24.6 Å². The number of benzene rings is 2. The average molecular weight is 381 g/mol. The molecule has 0 radical (unpaired) electrons. The van der Waals surface area contributed by atoms with Crippen LogP contribution in [0.2, 0.25) is 0 Å². The number of fused-ring (bicyclic) bond motifs is 1. The zero-order valence-corrected chi connectivity index (χ0v) is 15.8. The Balaban J connectivity index is 1.58. The molecule has 1 unspecified atom stereocenters. The van der Waals surface area contributed by atoms with Crippen molar-refractivity contribution in [1.82, 2.24) is 5.32 Å². The SMILES string of the molecule is Cc1ccc2c(c1)C(NC(=O)c1ccc(N3CCCC3)c([N+](=O)[O-])c1)CCO2. The second-order valence-corrected chi connectivity index (χ2v) is 7.36. The van der Waals surface area contributed by atoms with Crippen molar-refractivity contribution < 1.29 is 14.5 Å². The molecule has 146 valence electrons. The molecule has 2 heterocycles. The standard InChI is InChI=1S/C21H23N3O4/c1-14-4-7-20-16(12-14)17(8-11-28-20)22-21(25)15-5-6-18(19(13-15)24(26)27)23-9-2-3-10-23/h4-7,12-13,17H,2-3,8-11H2,1H3,(H,22,25). The monoisotopic (exact) mass is 381 g/mol. The van der Waals surface area contributed by atoms with Crippen LogP contribution in [0.25, 0.3) is 0 Å². The predicted molar refractivity (Wildman–Crippen MR) is 106 cm³/mol. The Kier molecular flexibility index (Phi) is 4.90. The summed E-state index contributed by atoms with van der Waals surface area (Å²) in [6.45, 7) is 4.14. The van der Waals surface area contributed by atoms with Gasteiger partial charge in [-0.2, -0.15) is 0 Å². The topological polar surface area (TPSA) is 84.7 Å². The second kappa shape index (κ2) is 7.50. The Hall–Kier alpha value is -3.09. The number of nitro benzene ring substituents is 1. The van der Waals surface area contributed by atoms with Crippen LogP contribution >= 0.6 is 0 Å².